The lowest BCUT2D eigenvalue weighted by atomic mass is 10.2. The summed E-state index contributed by atoms with van der Waals surface area (Å²) in [4.78, 5) is 12.2. The zero-order valence-electron chi connectivity index (χ0n) is 14.6. The number of nitrogens with zero attached hydrogens (tertiary/aromatic N) is 1. The van der Waals surface area contributed by atoms with Crippen LogP contribution in [0.1, 0.15) is 11.1 Å². The van der Waals surface area contributed by atoms with Gasteiger partial charge in [-0.2, -0.15) is 0 Å². The highest BCUT2D eigenvalue weighted by molar-refractivity contribution is 7.99. The lowest BCUT2D eigenvalue weighted by Gasteiger charge is -2.12. The van der Waals surface area contributed by atoms with E-state index in [1.54, 1.807) is 30.3 Å². The molecule has 2 rings (SSSR count). The van der Waals surface area contributed by atoms with Gasteiger partial charge in [0.1, 0.15) is 0 Å². The number of carbonyl (C=O) groups is 1. The molecular formula is C18H21ClN2O3S2. The number of amides is 1. The fraction of sp³-hybridized carbons (Fsp3) is 0.278. The molecule has 0 saturated carbocycles. The first-order valence-electron chi connectivity index (χ1n) is 7.89. The third-order valence-corrected chi connectivity index (χ3v) is 6.65. The highest BCUT2D eigenvalue weighted by Crippen LogP contribution is 2.18. The second-order valence-corrected chi connectivity index (χ2v) is 9.40. The molecule has 140 valence electrons. The molecule has 0 spiro atoms. The molecule has 0 aliphatic rings. The summed E-state index contributed by atoms with van der Waals surface area (Å²) in [6.45, 7) is 0.452. The molecule has 1 N–H and O–H groups in total. The Labute approximate surface area is 163 Å². The molecule has 0 atom stereocenters. The summed E-state index contributed by atoms with van der Waals surface area (Å²) in [5.41, 5.74) is 1.85. The van der Waals surface area contributed by atoms with Crippen molar-refractivity contribution in [2.24, 2.45) is 0 Å². The summed E-state index contributed by atoms with van der Waals surface area (Å²) in [6, 6.07) is 14.1. The first-order chi connectivity index (χ1) is 12.3. The number of benzene rings is 2. The van der Waals surface area contributed by atoms with Gasteiger partial charge >= 0.3 is 0 Å². The van der Waals surface area contributed by atoms with Crippen molar-refractivity contribution in [1.29, 1.82) is 0 Å². The van der Waals surface area contributed by atoms with E-state index in [-0.39, 0.29) is 10.8 Å². The Morgan fingerprint density at radius 1 is 1.12 bits per heavy atom. The molecule has 0 bridgehead atoms. The summed E-state index contributed by atoms with van der Waals surface area (Å²) in [5.74, 6) is 0.797. The predicted octanol–water partition coefficient (Wildman–Crippen LogP) is 3.14. The molecule has 1 amide bonds. The summed E-state index contributed by atoms with van der Waals surface area (Å²) < 4.78 is 25.5. The van der Waals surface area contributed by atoms with Gasteiger partial charge in [-0.25, -0.2) is 12.7 Å². The normalized spacial score (nSPS) is 11.5. The lowest BCUT2D eigenvalue weighted by molar-refractivity contribution is -0.118. The number of sulfonamides is 1. The zero-order valence-corrected chi connectivity index (χ0v) is 17.0. The van der Waals surface area contributed by atoms with Gasteiger partial charge < -0.3 is 5.32 Å². The van der Waals surface area contributed by atoms with Crippen LogP contribution in [0.2, 0.25) is 5.02 Å². The second-order valence-electron chi connectivity index (χ2n) is 5.83. The maximum absolute atomic E-state index is 12.2. The van der Waals surface area contributed by atoms with Crippen molar-refractivity contribution in [3.8, 4) is 0 Å². The number of hydrogen-bond donors (Lipinski definition) is 1. The van der Waals surface area contributed by atoms with Gasteiger partial charge in [0.25, 0.3) is 0 Å². The molecule has 5 nitrogen and oxygen atoms in total. The molecule has 0 radical (unpaired) electrons. The largest absolute Gasteiger partial charge is 0.351 e. The molecule has 26 heavy (non-hydrogen) atoms. The van der Waals surface area contributed by atoms with E-state index in [0.29, 0.717) is 23.1 Å². The van der Waals surface area contributed by atoms with Crippen LogP contribution in [-0.4, -0.2) is 38.5 Å². The van der Waals surface area contributed by atoms with Gasteiger partial charge in [-0.3, -0.25) is 4.79 Å². The van der Waals surface area contributed by atoms with Gasteiger partial charge in [0.2, 0.25) is 15.9 Å². The SMILES string of the molecule is CN(C)S(=O)(=O)c1cccc(CSCC(=O)NCc2ccc(Cl)cc2)c1. The predicted molar refractivity (Wildman–Crippen MR) is 107 cm³/mol. The minimum atomic E-state index is -3.45. The van der Waals surface area contributed by atoms with Crippen LogP contribution in [0.4, 0.5) is 0 Å². The molecule has 0 unspecified atom stereocenters. The van der Waals surface area contributed by atoms with Crippen LogP contribution in [0.15, 0.2) is 53.4 Å². The number of hydrogen-bond acceptors (Lipinski definition) is 4. The fourth-order valence-corrected chi connectivity index (χ4v) is 4.03. The molecule has 0 heterocycles. The maximum atomic E-state index is 12.2. The smallest absolute Gasteiger partial charge is 0.242 e. The van der Waals surface area contributed by atoms with Gasteiger partial charge in [0, 0.05) is 31.4 Å². The minimum Gasteiger partial charge on any atom is -0.351 e. The standard InChI is InChI=1S/C18H21ClN2O3S2/c1-21(2)26(23,24)17-5-3-4-15(10-17)12-25-13-18(22)20-11-14-6-8-16(19)9-7-14/h3-10H,11-13H2,1-2H3,(H,20,22). The number of thioether (sulfide) groups is 1. The monoisotopic (exact) mass is 412 g/mol. The molecule has 0 aromatic heterocycles. The van der Waals surface area contributed by atoms with Crippen LogP contribution in [0.3, 0.4) is 0 Å². The van der Waals surface area contributed by atoms with Crippen LogP contribution in [-0.2, 0) is 27.1 Å². The highest BCUT2D eigenvalue weighted by atomic mass is 35.5. The zero-order chi connectivity index (χ0) is 19.2. The van der Waals surface area contributed by atoms with Crippen molar-refractivity contribution in [1.82, 2.24) is 9.62 Å². The molecular weight excluding hydrogens is 392 g/mol. The number of rotatable bonds is 8. The Morgan fingerprint density at radius 3 is 2.46 bits per heavy atom. The first-order valence-corrected chi connectivity index (χ1v) is 10.9. The minimum absolute atomic E-state index is 0.0676. The van der Waals surface area contributed by atoms with Crippen molar-refractivity contribution in [2.75, 3.05) is 19.8 Å². The Bertz CT molecular complexity index is 853. The van der Waals surface area contributed by atoms with Gasteiger partial charge in [0.15, 0.2) is 0 Å². The van der Waals surface area contributed by atoms with Crippen molar-refractivity contribution >= 4 is 39.3 Å². The summed E-state index contributed by atoms with van der Waals surface area (Å²) in [5, 5.41) is 3.51. The van der Waals surface area contributed by atoms with Crippen LogP contribution in [0, 0.1) is 0 Å². The molecule has 0 saturated heterocycles. The van der Waals surface area contributed by atoms with Gasteiger partial charge in [-0.15, -0.1) is 11.8 Å². The van der Waals surface area contributed by atoms with Gasteiger partial charge in [-0.1, -0.05) is 35.9 Å². The van der Waals surface area contributed by atoms with E-state index in [4.69, 9.17) is 11.6 Å². The average molecular weight is 413 g/mol. The van der Waals surface area contributed by atoms with Crippen molar-refractivity contribution in [3.05, 3.63) is 64.7 Å². The number of carbonyl (C=O) groups excluding carboxylic acids is 1. The van der Waals surface area contributed by atoms with E-state index in [1.807, 2.05) is 18.2 Å². The van der Waals surface area contributed by atoms with E-state index in [1.165, 1.54) is 30.2 Å². The Hall–Kier alpha value is -1.54. The van der Waals surface area contributed by atoms with E-state index in [2.05, 4.69) is 5.32 Å². The molecule has 0 fully saturated rings. The van der Waals surface area contributed by atoms with Crippen molar-refractivity contribution < 1.29 is 13.2 Å². The van der Waals surface area contributed by atoms with E-state index in [9.17, 15) is 13.2 Å². The Kier molecular flexibility index (Phi) is 7.52. The van der Waals surface area contributed by atoms with Crippen LogP contribution < -0.4 is 5.32 Å². The van der Waals surface area contributed by atoms with Crippen molar-refractivity contribution in [3.63, 3.8) is 0 Å². The van der Waals surface area contributed by atoms with Crippen LogP contribution in [0.5, 0.6) is 0 Å². The van der Waals surface area contributed by atoms with E-state index < -0.39 is 10.0 Å². The van der Waals surface area contributed by atoms with Crippen LogP contribution in [0.25, 0.3) is 0 Å². The topological polar surface area (TPSA) is 66.5 Å². The molecule has 8 heteroatoms. The molecule has 2 aromatic carbocycles. The molecule has 2 aromatic rings. The third-order valence-electron chi connectivity index (χ3n) is 3.58. The fourth-order valence-electron chi connectivity index (χ4n) is 2.12. The second kappa shape index (κ2) is 9.41. The number of nitrogens with one attached hydrogen (secondary N) is 1. The van der Waals surface area contributed by atoms with Gasteiger partial charge in [-0.05, 0) is 35.4 Å². The average Bonchev–Trinajstić information content (AvgIpc) is 2.61. The van der Waals surface area contributed by atoms with Crippen LogP contribution >= 0.6 is 23.4 Å². The highest BCUT2D eigenvalue weighted by Gasteiger charge is 2.17. The van der Waals surface area contributed by atoms with E-state index >= 15 is 0 Å². The molecule has 0 aliphatic heterocycles. The summed E-state index contributed by atoms with van der Waals surface area (Å²) in [7, 11) is -0.444. The van der Waals surface area contributed by atoms with Crippen molar-refractivity contribution in [2.45, 2.75) is 17.2 Å². The Morgan fingerprint density at radius 2 is 1.81 bits per heavy atom. The maximum Gasteiger partial charge on any atom is 0.242 e. The van der Waals surface area contributed by atoms with E-state index in [0.717, 1.165) is 11.1 Å². The summed E-state index contributed by atoms with van der Waals surface area (Å²) in [6.07, 6.45) is 0. The molecule has 0 aliphatic carbocycles. The first kappa shape index (κ1) is 20.8. The van der Waals surface area contributed by atoms with Gasteiger partial charge in [0.05, 0.1) is 10.6 Å². The lowest BCUT2D eigenvalue weighted by Crippen LogP contribution is -2.24. The number of halogens is 1. The summed E-state index contributed by atoms with van der Waals surface area (Å²) >= 11 is 7.26. The third kappa shape index (κ3) is 6.02. The quantitative estimate of drug-likeness (QED) is 0.723. The Balaban J connectivity index is 1.82.